The second kappa shape index (κ2) is 5.65. The molecule has 0 unspecified atom stereocenters. The van der Waals surface area contributed by atoms with E-state index in [2.05, 4.69) is 4.74 Å². The molecule has 17 heavy (non-hydrogen) atoms. The number of hydrogen-bond acceptors (Lipinski definition) is 4. The lowest BCUT2D eigenvalue weighted by Crippen LogP contribution is -1.99. The van der Waals surface area contributed by atoms with Gasteiger partial charge in [-0.15, -0.1) is 0 Å². The summed E-state index contributed by atoms with van der Waals surface area (Å²) in [5.41, 5.74) is 0.131. The van der Waals surface area contributed by atoms with E-state index in [1.165, 1.54) is 31.4 Å². The maximum atomic E-state index is 11.0. The van der Waals surface area contributed by atoms with Crippen LogP contribution in [0.15, 0.2) is 23.2 Å². The van der Waals surface area contributed by atoms with Crippen LogP contribution in [0.2, 0.25) is 5.02 Å². The van der Waals surface area contributed by atoms with Crippen LogP contribution in [0.5, 0.6) is 0 Å². The number of halogens is 2. The first kappa shape index (κ1) is 13.5. The predicted molar refractivity (Wildman–Crippen MR) is 64.0 cm³/mol. The van der Waals surface area contributed by atoms with E-state index in [-0.39, 0.29) is 21.3 Å². The molecule has 0 heterocycles. The van der Waals surface area contributed by atoms with Gasteiger partial charge in [-0.3, -0.25) is 10.1 Å². The standard InChI is InChI=1S/C10H7Cl2NO4/c1-17-10(14)9(12)5-6-4-7(13(15)16)2-3-8(6)11/h2-5H,1H3/b9-5-. The number of nitro benzene ring substituents is 1. The maximum Gasteiger partial charge on any atom is 0.349 e. The Kier molecular flexibility index (Phi) is 4.48. The molecule has 0 atom stereocenters. The lowest BCUT2D eigenvalue weighted by Gasteiger charge is -2.00. The molecule has 0 aromatic heterocycles. The first-order valence-electron chi connectivity index (χ1n) is 4.35. The summed E-state index contributed by atoms with van der Waals surface area (Å²) in [6.07, 6.45) is 1.21. The van der Waals surface area contributed by atoms with E-state index >= 15 is 0 Å². The molecule has 1 rings (SSSR count). The first-order chi connectivity index (χ1) is 7.95. The molecule has 0 spiro atoms. The van der Waals surface area contributed by atoms with Crippen molar-refractivity contribution < 1.29 is 14.5 Å². The number of rotatable bonds is 3. The number of carbonyl (C=O) groups excluding carboxylic acids is 1. The maximum absolute atomic E-state index is 11.0. The summed E-state index contributed by atoms with van der Waals surface area (Å²) < 4.78 is 4.39. The summed E-state index contributed by atoms with van der Waals surface area (Å²) in [5, 5.41) is 10.6. The molecule has 7 heteroatoms. The molecule has 0 aliphatic carbocycles. The van der Waals surface area contributed by atoms with E-state index in [0.29, 0.717) is 0 Å². The van der Waals surface area contributed by atoms with E-state index in [4.69, 9.17) is 23.2 Å². The largest absolute Gasteiger partial charge is 0.465 e. The molecular formula is C10H7Cl2NO4. The highest BCUT2D eigenvalue weighted by Gasteiger charge is 2.11. The van der Waals surface area contributed by atoms with Crippen LogP contribution < -0.4 is 0 Å². The van der Waals surface area contributed by atoms with Gasteiger partial charge in [-0.05, 0) is 12.1 Å². The van der Waals surface area contributed by atoms with Gasteiger partial charge in [-0.1, -0.05) is 23.2 Å². The van der Waals surface area contributed by atoms with Crippen molar-refractivity contribution in [3.63, 3.8) is 0 Å². The van der Waals surface area contributed by atoms with Gasteiger partial charge in [0.1, 0.15) is 5.03 Å². The summed E-state index contributed by atoms with van der Waals surface area (Å²) in [4.78, 5) is 21.0. The molecular weight excluding hydrogens is 269 g/mol. The molecule has 0 amide bonds. The Hall–Kier alpha value is -1.59. The van der Waals surface area contributed by atoms with Crippen molar-refractivity contribution in [2.75, 3.05) is 7.11 Å². The number of nitro groups is 1. The third kappa shape index (κ3) is 3.44. The number of methoxy groups -OCH3 is 1. The van der Waals surface area contributed by atoms with Crippen LogP contribution in [0, 0.1) is 10.1 Å². The fourth-order valence-electron chi connectivity index (χ4n) is 1.05. The summed E-state index contributed by atoms with van der Waals surface area (Å²) in [7, 11) is 1.17. The third-order valence-electron chi connectivity index (χ3n) is 1.85. The molecule has 0 saturated heterocycles. The molecule has 0 saturated carbocycles. The number of hydrogen-bond donors (Lipinski definition) is 0. The van der Waals surface area contributed by atoms with Crippen molar-refractivity contribution in [1.29, 1.82) is 0 Å². The van der Waals surface area contributed by atoms with Crippen molar-refractivity contribution in [3.8, 4) is 0 Å². The molecule has 0 bridgehead atoms. The quantitative estimate of drug-likeness (QED) is 0.368. The van der Waals surface area contributed by atoms with Crippen molar-refractivity contribution >= 4 is 40.9 Å². The smallest absolute Gasteiger partial charge is 0.349 e. The van der Waals surface area contributed by atoms with Crippen LogP contribution in [0.4, 0.5) is 5.69 Å². The molecule has 0 aliphatic heterocycles. The molecule has 5 nitrogen and oxygen atoms in total. The van der Waals surface area contributed by atoms with Gasteiger partial charge in [0.25, 0.3) is 5.69 Å². The second-order valence-electron chi connectivity index (χ2n) is 2.95. The van der Waals surface area contributed by atoms with E-state index in [1.807, 2.05) is 0 Å². The highest BCUT2D eigenvalue weighted by atomic mass is 35.5. The molecule has 1 aromatic carbocycles. The Labute approximate surface area is 107 Å². The van der Waals surface area contributed by atoms with Crippen LogP contribution in [0.1, 0.15) is 5.56 Å². The number of non-ortho nitro benzene ring substituents is 1. The number of esters is 1. The number of benzene rings is 1. The average molecular weight is 276 g/mol. The first-order valence-corrected chi connectivity index (χ1v) is 5.10. The van der Waals surface area contributed by atoms with E-state index < -0.39 is 10.9 Å². The summed E-state index contributed by atoms with van der Waals surface area (Å²) in [6.45, 7) is 0. The monoisotopic (exact) mass is 275 g/mol. The zero-order valence-corrected chi connectivity index (χ0v) is 10.2. The van der Waals surface area contributed by atoms with Gasteiger partial charge in [0.15, 0.2) is 0 Å². The predicted octanol–water partition coefficient (Wildman–Crippen LogP) is 3.00. The molecule has 0 fully saturated rings. The lowest BCUT2D eigenvalue weighted by molar-refractivity contribution is -0.384. The van der Waals surface area contributed by atoms with Crippen molar-refractivity contribution in [3.05, 3.63) is 43.9 Å². The van der Waals surface area contributed by atoms with Gasteiger partial charge >= 0.3 is 5.97 Å². The fourth-order valence-corrected chi connectivity index (χ4v) is 1.42. The minimum atomic E-state index is -0.741. The Morgan fingerprint density at radius 1 is 1.53 bits per heavy atom. The summed E-state index contributed by atoms with van der Waals surface area (Å²) in [6, 6.07) is 3.83. The number of carbonyl (C=O) groups is 1. The fraction of sp³-hybridized carbons (Fsp3) is 0.100. The van der Waals surface area contributed by atoms with Crippen LogP contribution in [0.25, 0.3) is 6.08 Å². The van der Waals surface area contributed by atoms with E-state index in [1.54, 1.807) is 0 Å². The third-order valence-corrected chi connectivity index (χ3v) is 2.46. The highest BCUT2D eigenvalue weighted by Crippen LogP contribution is 2.25. The molecule has 0 radical (unpaired) electrons. The van der Waals surface area contributed by atoms with Gasteiger partial charge in [-0.2, -0.15) is 0 Å². The molecule has 90 valence electrons. The van der Waals surface area contributed by atoms with Gasteiger partial charge in [0.05, 0.1) is 12.0 Å². The SMILES string of the molecule is COC(=O)/C(Cl)=C/c1cc([N+](=O)[O-])ccc1Cl. The Balaban J connectivity index is 3.17. The van der Waals surface area contributed by atoms with E-state index in [9.17, 15) is 14.9 Å². The normalized spacial score (nSPS) is 11.1. The zero-order valence-electron chi connectivity index (χ0n) is 8.65. The van der Waals surface area contributed by atoms with Gasteiger partial charge in [-0.25, -0.2) is 4.79 Å². The lowest BCUT2D eigenvalue weighted by atomic mass is 10.2. The Morgan fingerprint density at radius 3 is 2.71 bits per heavy atom. The van der Waals surface area contributed by atoms with Crippen LogP contribution >= 0.6 is 23.2 Å². The van der Waals surface area contributed by atoms with Crippen molar-refractivity contribution in [2.24, 2.45) is 0 Å². The molecule has 1 aromatic rings. The van der Waals surface area contributed by atoms with Crippen LogP contribution in [-0.4, -0.2) is 18.0 Å². The minimum absolute atomic E-state index is 0.144. The second-order valence-corrected chi connectivity index (χ2v) is 3.76. The van der Waals surface area contributed by atoms with E-state index in [0.717, 1.165) is 0 Å². The molecule has 0 aliphatic rings. The zero-order chi connectivity index (χ0) is 13.0. The Bertz CT molecular complexity index is 499. The summed E-state index contributed by atoms with van der Waals surface area (Å²) >= 11 is 11.4. The van der Waals surface area contributed by atoms with Gasteiger partial charge < -0.3 is 4.74 Å². The Morgan fingerprint density at radius 2 is 2.18 bits per heavy atom. The number of ether oxygens (including phenoxy) is 1. The van der Waals surface area contributed by atoms with Gasteiger partial charge in [0, 0.05) is 22.7 Å². The van der Waals surface area contributed by atoms with Crippen molar-refractivity contribution in [2.45, 2.75) is 0 Å². The molecule has 0 N–H and O–H groups in total. The summed E-state index contributed by atoms with van der Waals surface area (Å²) in [5.74, 6) is -0.741. The topological polar surface area (TPSA) is 69.4 Å². The average Bonchev–Trinajstić information content (AvgIpc) is 2.30. The highest BCUT2D eigenvalue weighted by molar-refractivity contribution is 6.43. The van der Waals surface area contributed by atoms with Crippen LogP contribution in [0.3, 0.4) is 0 Å². The van der Waals surface area contributed by atoms with Crippen LogP contribution in [-0.2, 0) is 9.53 Å². The van der Waals surface area contributed by atoms with Crippen molar-refractivity contribution in [1.82, 2.24) is 0 Å². The van der Waals surface area contributed by atoms with Gasteiger partial charge in [0.2, 0.25) is 0 Å². The number of nitrogens with zero attached hydrogens (tertiary/aromatic N) is 1. The minimum Gasteiger partial charge on any atom is -0.465 e.